The number of nitrogens with one attached hydrogen (secondary N) is 1. The zero-order chi connectivity index (χ0) is 19.3. The van der Waals surface area contributed by atoms with Gasteiger partial charge in [-0.05, 0) is 43.0 Å². The molecule has 0 aliphatic rings. The lowest BCUT2D eigenvalue weighted by Crippen LogP contribution is -2.38. The van der Waals surface area contributed by atoms with Crippen LogP contribution in [0.25, 0.3) is 0 Å². The summed E-state index contributed by atoms with van der Waals surface area (Å²) in [6.45, 7) is 10.7. The molecular formula is C22H28N2O2. The van der Waals surface area contributed by atoms with Gasteiger partial charge in [-0.1, -0.05) is 49.7 Å². The summed E-state index contributed by atoms with van der Waals surface area (Å²) in [6.07, 6.45) is 0. The Morgan fingerprint density at radius 1 is 1.04 bits per heavy atom. The fourth-order valence-corrected chi connectivity index (χ4v) is 3.03. The number of carbonyl (C=O) groups excluding carboxylic acids is 2. The molecule has 0 spiro atoms. The van der Waals surface area contributed by atoms with Crippen molar-refractivity contribution < 1.29 is 9.59 Å². The average molecular weight is 352 g/mol. The van der Waals surface area contributed by atoms with Crippen molar-refractivity contribution >= 4 is 17.5 Å². The van der Waals surface area contributed by atoms with E-state index in [0.717, 1.165) is 22.4 Å². The summed E-state index contributed by atoms with van der Waals surface area (Å²) < 4.78 is 0. The smallest absolute Gasteiger partial charge is 0.251 e. The molecule has 2 rings (SSSR count). The van der Waals surface area contributed by atoms with Crippen molar-refractivity contribution in [3.63, 3.8) is 0 Å². The Balaban J connectivity index is 2.12. The monoisotopic (exact) mass is 352 g/mol. The van der Waals surface area contributed by atoms with Gasteiger partial charge < -0.3 is 10.2 Å². The van der Waals surface area contributed by atoms with Crippen LogP contribution in [0.3, 0.4) is 0 Å². The summed E-state index contributed by atoms with van der Waals surface area (Å²) in [5.41, 5.74) is 4.91. The summed E-state index contributed by atoms with van der Waals surface area (Å²) in [4.78, 5) is 26.3. The van der Waals surface area contributed by atoms with Gasteiger partial charge in [-0.3, -0.25) is 9.59 Å². The first kappa shape index (κ1) is 19.7. The molecule has 0 heterocycles. The zero-order valence-corrected chi connectivity index (χ0v) is 16.3. The minimum atomic E-state index is -0.123. The molecule has 0 saturated heterocycles. The molecule has 2 aromatic rings. The third-order valence-electron chi connectivity index (χ3n) is 4.48. The molecule has 4 heteroatoms. The number of aryl methyl sites for hydroxylation is 2. The van der Waals surface area contributed by atoms with Gasteiger partial charge in [0, 0.05) is 25.6 Å². The van der Waals surface area contributed by atoms with Crippen LogP contribution in [0.2, 0.25) is 0 Å². The molecule has 0 radical (unpaired) electrons. The number of hydrogen-bond donors (Lipinski definition) is 1. The van der Waals surface area contributed by atoms with Gasteiger partial charge in [0.2, 0.25) is 5.91 Å². The standard InChI is InChI=1S/C22H28N2O2/c1-15(2)20-8-6-7-17(4)21(20)24(18(5)25)14-13-23-22(26)19-11-9-16(3)10-12-19/h6-12,15H,13-14H2,1-5H3,(H,23,26). The minimum absolute atomic E-state index is 0.0224. The second-order valence-corrected chi connectivity index (χ2v) is 6.96. The van der Waals surface area contributed by atoms with Crippen LogP contribution in [0.1, 0.15) is 53.7 Å². The van der Waals surface area contributed by atoms with E-state index < -0.39 is 0 Å². The number of rotatable bonds is 6. The van der Waals surface area contributed by atoms with Crippen molar-refractivity contribution in [1.82, 2.24) is 5.32 Å². The third-order valence-corrected chi connectivity index (χ3v) is 4.48. The SMILES string of the molecule is CC(=O)N(CCNC(=O)c1ccc(C)cc1)c1c(C)cccc1C(C)C. The van der Waals surface area contributed by atoms with E-state index in [1.54, 1.807) is 11.8 Å². The van der Waals surface area contributed by atoms with Gasteiger partial charge in [0.05, 0.1) is 5.69 Å². The lowest BCUT2D eigenvalue weighted by molar-refractivity contribution is -0.116. The topological polar surface area (TPSA) is 49.4 Å². The van der Waals surface area contributed by atoms with Crippen molar-refractivity contribution in [3.05, 3.63) is 64.7 Å². The van der Waals surface area contributed by atoms with Gasteiger partial charge in [-0.15, -0.1) is 0 Å². The molecule has 0 unspecified atom stereocenters. The van der Waals surface area contributed by atoms with Crippen molar-refractivity contribution in [2.24, 2.45) is 0 Å². The minimum Gasteiger partial charge on any atom is -0.350 e. The molecule has 1 N–H and O–H groups in total. The molecule has 26 heavy (non-hydrogen) atoms. The Kier molecular flexibility index (Phi) is 6.56. The third kappa shape index (κ3) is 4.72. The Morgan fingerprint density at radius 2 is 1.69 bits per heavy atom. The van der Waals surface area contributed by atoms with Crippen molar-refractivity contribution in [2.45, 2.75) is 40.5 Å². The molecule has 4 nitrogen and oxygen atoms in total. The van der Waals surface area contributed by atoms with Gasteiger partial charge in [0.25, 0.3) is 5.91 Å². The molecule has 138 valence electrons. The molecule has 0 aliphatic carbocycles. The Bertz CT molecular complexity index is 779. The Hall–Kier alpha value is -2.62. The summed E-state index contributed by atoms with van der Waals surface area (Å²) in [7, 11) is 0. The number of benzene rings is 2. The maximum Gasteiger partial charge on any atom is 0.251 e. The summed E-state index contributed by atoms with van der Waals surface area (Å²) in [5.74, 6) is 0.169. The second kappa shape index (κ2) is 8.65. The van der Waals surface area contributed by atoms with E-state index >= 15 is 0 Å². The molecule has 0 saturated carbocycles. The van der Waals surface area contributed by atoms with Crippen molar-refractivity contribution in [1.29, 1.82) is 0 Å². The highest BCUT2D eigenvalue weighted by Gasteiger charge is 2.19. The number of para-hydroxylation sites is 1. The van der Waals surface area contributed by atoms with Crippen molar-refractivity contribution in [3.8, 4) is 0 Å². The maximum absolute atomic E-state index is 12.3. The highest BCUT2D eigenvalue weighted by atomic mass is 16.2. The van der Waals surface area contributed by atoms with E-state index in [1.165, 1.54) is 0 Å². The van der Waals surface area contributed by atoms with E-state index in [-0.39, 0.29) is 11.8 Å². The first-order valence-electron chi connectivity index (χ1n) is 9.03. The van der Waals surface area contributed by atoms with Crippen LogP contribution in [0, 0.1) is 13.8 Å². The maximum atomic E-state index is 12.3. The van der Waals surface area contributed by atoms with Crippen molar-refractivity contribution in [2.75, 3.05) is 18.0 Å². The first-order chi connectivity index (χ1) is 12.3. The molecule has 0 atom stereocenters. The summed E-state index contributed by atoms with van der Waals surface area (Å²) >= 11 is 0. The van der Waals surface area contributed by atoms with Crippen LogP contribution < -0.4 is 10.2 Å². The van der Waals surface area contributed by atoms with Crippen LogP contribution >= 0.6 is 0 Å². The average Bonchev–Trinajstić information content (AvgIpc) is 2.59. The summed E-state index contributed by atoms with van der Waals surface area (Å²) in [6, 6.07) is 13.6. The van der Waals surface area contributed by atoms with E-state index in [1.807, 2.05) is 50.2 Å². The molecule has 2 aromatic carbocycles. The van der Waals surface area contributed by atoms with Crippen LogP contribution in [0.15, 0.2) is 42.5 Å². The number of carbonyl (C=O) groups is 2. The molecular weight excluding hydrogens is 324 g/mol. The highest BCUT2D eigenvalue weighted by Crippen LogP contribution is 2.30. The second-order valence-electron chi connectivity index (χ2n) is 6.96. The normalized spacial score (nSPS) is 10.7. The quantitative estimate of drug-likeness (QED) is 0.846. The number of nitrogens with zero attached hydrogens (tertiary/aromatic N) is 1. The van der Waals surface area contributed by atoms with Crippen LogP contribution in [0.4, 0.5) is 5.69 Å². The fourth-order valence-electron chi connectivity index (χ4n) is 3.03. The molecule has 0 aromatic heterocycles. The molecule has 2 amide bonds. The highest BCUT2D eigenvalue weighted by molar-refractivity contribution is 5.95. The number of anilines is 1. The van der Waals surface area contributed by atoms with Gasteiger partial charge in [-0.25, -0.2) is 0 Å². The number of hydrogen-bond acceptors (Lipinski definition) is 2. The lowest BCUT2D eigenvalue weighted by Gasteiger charge is -2.27. The zero-order valence-electron chi connectivity index (χ0n) is 16.3. The van der Waals surface area contributed by atoms with Crippen LogP contribution in [-0.2, 0) is 4.79 Å². The van der Waals surface area contributed by atoms with Crippen LogP contribution in [-0.4, -0.2) is 24.9 Å². The van der Waals surface area contributed by atoms with E-state index in [9.17, 15) is 9.59 Å². The fraction of sp³-hybridized carbons (Fsp3) is 0.364. The van der Waals surface area contributed by atoms with Crippen LogP contribution in [0.5, 0.6) is 0 Å². The number of amides is 2. The van der Waals surface area contributed by atoms with Gasteiger partial charge in [0.15, 0.2) is 0 Å². The lowest BCUT2D eigenvalue weighted by atomic mass is 9.97. The van der Waals surface area contributed by atoms with E-state index in [4.69, 9.17) is 0 Å². The van der Waals surface area contributed by atoms with E-state index in [2.05, 4.69) is 25.2 Å². The Labute approximate surface area is 156 Å². The molecule has 0 fully saturated rings. The first-order valence-corrected chi connectivity index (χ1v) is 9.03. The molecule has 0 aliphatic heterocycles. The van der Waals surface area contributed by atoms with Gasteiger partial charge in [0.1, 0.15) is 0 Å². The van der Waals surface area contributed by atoms with Gasteiger partial charge >= 0.3 is 0 Å². The largest absolute Gasteiger partial charge is 0.350 e. The summed E-state index contributed by atoms with van der Waals surface area (Å²) in [5, 5.41) is 2.91. The van der Waals surface area contributed by atoms with E-state index in [0.29, 0.717) is 24.6 Å². The Morgan fingerprint density at radius 3 is 2.27 bits per heavy atom. The van der Waals surface area contributed by atoms with Gasteiger partial charge in [-0.2, -0.15) is 0 Å². The predicted octanol–water partition coefficient (Wildman–Crippen LogP) is 4.21. The predicted molar refractivity (Wildman–Crippen MR) is 107 cm³/mol. The molecule has 0 bridgehead atoms.